The quantitative estimate of drug-likeness (QED) is 0.860. The maximum Gasteiger partial charge on any atom is 0.240 e. The van der Waals surface area contributed by atoms with Gasteiger partial charge in [0.05, 0.1) is 10.4 Å². The van der Waals surface area contributed by atoms with E-state index in [4.69, 9.17) is 0 Å². The van der Waals surface area contributed by atoms with E-state index in [1.54, 1.807) is 37.5 Å². The van der Waals surface area contributed by atoms with Crippen LogP contribution in [-0.4, -0.2) is 33.0 Å². The SMILES string of the molecule is CNC(C)CNS(=O)(=O)c1ccc2ncccc2c1. The fourth-order valence-corrected chi connectivity index (χ4v) is 2.81. The van der Waals surface area contributed by atoms with Gasteiger partial charge in [0.25, 0.3) is 0 Å². The Bertz CT molecular complexity index is 670. The number of hydrogen-bond donors (Lipinski definition) is 2. The van der Waals surface area contributed by atoms with Crippen molar-refractivity contribution in [3.05, 3.63) is 36.5 Å². The number of hydrogen-bond acceptors (Lipinski definition) is 4. The first kappa shape index (κ1) is 13.9. The lowest BCUT2D eigenvalue weighted by atomic mass is 10.2. The van der Waals surface area contributed by atoms with Crippen LogP contribution in [0.25, 0.3) is 10.9 Å². The second kappa shape index (κ2) is 5.64. The van der Waals surface area contributed by atoms with E-state index in [0.717, 1.165) is 10.9 Å². The number of likely N-dealkylation sites (N-methyl/N-ethyl adjacent to an activating group) is 1. The Balaban J connectivity index is 2.27. The third kappa shape index (κ3) is 3.28. The van der Waals surface area contributed by atoms with Crippen LogP contribution >= 0.6 is 0 Å². The van der Waals surface area contributed by atoms with Crippen LogP contribution in [0.5, 0.6) is 0 Å². The molecule has 0 fully saturated rings. The highest BCUT2D eigenvalue weighted by Gasteiger charge is 2.15. The van der Waals surface area contributed by atoms with Crippen molar-refractivity contribution in [3.8, 4) is 0 Å². The van der Waals surface area contributed by atoms with Crippen molar-refractivity contribution in [2.75, 3.05) is 13.6 Å². The topological polar surface area (TPSA) is 71.1 Å². The highest BCUT2D eigenvalue weighted by molar-refractivity contribution is 7.89. The molecular weight excluding hydrogens is 262 g/mol. The largest absolute Gasteiger partial charge is 0.316 e. The summed E-state index contributed by atoms with van der Waals surface area (Å²) in [7, 11) is -1.68. The van der Waals surface area contributed by atoms with E-state index in [-0.39, 0.29) is 10.9 Å². The van der Waals surface area contributed by atoms with Crippen LogP contribution in [-0.2, 0) is 10.0 Å². The number of benzene rings is 1. The van der Waals surface area contributed by atoms with Gasteiger partial charge < -0.3 is 5.32 Å². The molecule has 2 rings (SSSR count). The lowest BCUT2D eigenvalue weighted by Crippen LogP contribution is -2.37. The van der Waals surface area contributed by atoms with E-state index in [0.29, 0.717) is 6.54 Å². The predicted molar refractivity (Wildman–Crippen MR) is 75.5 cm³/mol. The first-order valence-corrected chi connectivity index (χ1v) is 7.53. The molecule has 102 valence electrons. The fourth-order valence-electron chi connectivity index (χ4n) is 1.64. The summed E-state index contributed by atoms with van der Waals surface area (Å²) in [5.74, 6) is 0. The normalized spacial score (nSPS) is 13.6. The summed E-state index contributed by atoms with van der Waals surface area (Å²) in [6.45, 7) is 2.26. The molecule has 1 aromatic heterocycles. The molecule has 0 radical (unpaired) electrons. The summed E-state index contributed by atoms with van der Waals surface area (Å²) < 4.78 is 26.9. The summed E-state index contributed by atoms with van der Waals surface area (Å²) in [5.41, 5.74) is 0.782. The average Bonchev–Trinajstić information content (AvgIpc) is 2.44. The van der Waals surface area contributed by atoms with Gasteiger partial charge in [0.2, 0.25) is 10.0 Å². The molecule has 2 aromatic rings. The molecule has 0 aliphatic rings. The first-order chi connectivity index (χ1) is 9.03. The molecule has 0 saturated heterocycles. The Hall–Kier alpha value is -1.50. The third-order valence-corrected chi connectivity index (χ3v) is 4.38. The second-order valence-electron chi connectivity index (χ2n) is 4.40. The number of rotatable bonds is 5. The van der Waals surface area contributed by atoms with Gasteiger partial charge in [-0.2, -0.15) is 0 Å². The highest BCUT2D eigenvalue weighted by Crippen LogP contribution is 2.16. The molecule has 0 bridgehead atoms. The Labute approximate surface area is 113 Å². The van der Waals surface area contributed by atoms with Gasteiger partial charge in [0.15, 0.2) is 0 Å². The number of nitrogens with zero attached hydrogens (tertiary/aromatic N) is 1. The van der Waals surface area contributed by atoms with Crippen molar-refractivity contribution >= 4 is 20.9 Å². The summed E-state index contributed by atoms with van der Waals surface area (Å²) in [6, 6.07) is 8.63. The Morgan fingerprint density at radius 2 is 2.11 bits per heavy atom. The van der Waals surface area contributed by atoms with Crippen molar-refractivity contribution in [1.29, 1.82) is 0 Å². The number of aromatic nitrogens is 1. The molecule has 1 unspecified atom stereocenters. The molecule has 1 heterocycles. The maximum atomic E-state index is 12.1. The summed E-state index contributed by atoms with van der Waals surface area (Å²) in [4.78, 5) is 4.43. The zero-order valence-corrected chi connectivity index (χ0v) is 11.7. The number of sulfonamides is 1. The molecule has 0 aliphatic carbocycles. The van der Waals surface area contributed by atoms with Crippen LogP contribution < -0.4 is 10.0 Å². The minimum atomic E-state index is -3.47. The monoisotopic (exact) mass is 279 g/mol. The van der Waals surface area contributed by atoms with Crippen molar-refractivity contribution in [2.45, 2.75) is 17.9 Å². The van der Waals surface area contributed by atoms with E-state index in [1.165, 1.54) is 0 Å². The van der Waals surface area contributed by atoms with Gasteiger partial charge in [-0.1, -0.05) is 6.07 Å². The molecule has 0 aliphatic heterocycles. The van der Waals surface area contributed by atoms with Crippen LogP contribution in [0.3, 0.4) is 0 Å². The van der Waals surface area contributed by atoms with Gasteiger partial charge in [-0.3, -0.25) is 4.98 Å². The second-order valence-corrected chi connectivity index (χ2v) is 6.17. The van der Waals surface area contributed by atoms with Crippen LogP contribution in [0.1, 0.15) is 6.92 Å². The molecule has 0 saturated carbocycles. The highest BCUT2D eigenvalue weighted by atomic mass is 32.2. The molecular formula is C13H17N3O2S. The van der Waals surface area contributed by atoms with E-state index in [1.807, 2.05) is 13.0 Å². The standard InChI is InChI=1S/C13H17N3O2S/c1-10(14-2)9-16-19(17,18)12-5-6-13-11(8-12)4-3-7-15-13/h3-8,10,14,16H,9H2,1-2H3. The predicted octanol–water partition coefficient (Wildman–Crippen LogP) is 1.12. The lowest BCUT2D eigenvalue weighted by Gasteiger charge is -2.12. The number of pyridine rings is 1. The number of nitrogens with one attached hydrogen (secondary N) is 2. The molecule has 19 heavy (non-hydrogen) atoms. The van der Waals surface area contributed by atoms with Crippen molar-refractivity contribution in [2.24, 2.45) is 0 Å². The van der Waals surface area contributed by atoms with Crippen molar-refractivity contribution < 1.29 is 8.42 Å². The van der Waals surface area contributed by atoms with Crippen molar-refractivity contribution in [1.82, 2.24) is 15.0 Å². The molecule has 1 atom stereocenters. The van der Waals surface area contributed by atoms with E-state index in [2.05, 4.69) is 15.0 Å². The Morgan fingerprint density at radius 3 is 2.84 bits per heavy atom. The van der Waals surface area contributed by atoms with Gasteiger partial charge in [-0.05, 0) is 38.2 Å². The van der Waals surface area contributed by atoms with Crippen LogP contribution in [0.15, 0.2) is 41.4 Å². The van der Waals surface area contributed by atoms with Crippen LogP contribution in [0.4, 0.5) is 0 Å². The van der Waals surface area contributed by atoms with Crippen LogP contribution in [0, 0.1) is 0 Å². The van der Waals surface area contributed by atoms with E-state index < -0.39 is 10.0 Å². The summed E-state index contributed by atoms with van der Waals surface area (Å²) in [6.07, 6.45) is 1.68. The summed E-state index contributed by atoms with van der Waals surface area (Å²) in [5, 5.41) is 3.79. The van der Waals surface area contributed by atoms with Gasteiger partial charge in [0.1, 0.15) is 0 Å². The minimum absolute atomic E-state index is 0.0805. The zero-order valence-electron chi connectivity index (χ0n) is 10.9. The van der Waals surface area contributed by atoms with Crippen LogP contribution in [0.2, 0.25) is 0 Å². The smallest absolute Gasteiger partial charge is 0.240 e. The fraction of sp³-hybridized carbons (Fsp3) is 0.308. The molecule has 6 heteroatoms. The minimum Gasteiger partial charge on any atom is -0.316 e. The van der Waals surface area contributed by atoms with Gasteiger partial charge >= 0.3 is 0 Å². The average molecular weight is 279 g/mol. The first-order valence-electron chi connectivity index (χ1n) is 6.04. The zero-order chi connectivity index (χ0) is 13.9. The van der Waals surface area contributed by atoms with E-state index in [9.17, 15) is 8.42 Å². The molecule has 5 nitrogen and oxygen atoms in total. The third-order valence-electron chi connectivity index (χ3n) is 2.96. The van der Waals surface area contributed by atoms with E-state index >= 15 is 0 Å². The van der Waals surface area contributed by atoms with Crippen molar-refractivity contribution in [3.63, 3.8) is 0 Å². The molecule has 0 spiro atoms. The lowest BCUT2D eigenvalue weighted by molar-refractivity contribution is 0.554. The number of fused-ring (bicyclic) bond motifs is 1. The molecule has 1 aromatic carbocycles. The molecule has 2 N–H and O–H groups in total. The maximum absolute atomic E-state index is 12.1. The van der Waals surface area contributed by atoms with Gasteiger partial charge in [-0.15, -0.1) is 0 Å². The molecule has 0 amide bonds. The summed E-state index contributed by atoms with van der Waals surface area (Å²) >= 11 is 0. The Kier molecular flexibility index (Phi) is 4.14. The van der Waals surface area contributed by atoms with Gasteiger partial charge in [0, 0.05) is 24.2 Å². The van der Waals surface area contributed by atoms with Gasteiger partial charge in [-0.25, -0.2) is 13.1 Å². The Morgan fingerprint density at radius 1 is 1.32 bits per heavy atom.